The number of fused-ring (bicyclic) bond motifs is 1. The second-order valence-corrected chi connectivity index (χ2v) is 7.26. The van der Waals surface area contributed by atoms with E-state index in [9.17, 15) is 9.59 Å². The SMILES string of the molecule is Cn1c(CNC(=O)N2CCC(N)(c3ccccc3)C2)nc2ccccc2c1=O. The molecule has 7 heteroatoms. The molecule has 1 aliphatic rings. The number of para-hydroxylation sites is 1. The van der Waals surface area contributed by atoms with Gasteiger partial charge < -0.3 is 16.0 Å². The van der Waals surface area contributed by atoms with Crippen molar-refractivity contribution in [3.8, 4) is 0 Å². The van der Waals surface area contributed by atoms with E-state index >= 15 is 0 Å². The van der Waals surface area contributed by atoms with Gasteiger partial charge in [0.2, 0.25) is 0 Å². The molecule has 0 saturated carbocycles. The first-order valence-electron chi connectivity index (χ1n) is 9.30. The Balaban J connectivity index is 1.46. The number of likely N-dealkylation sites (tertiary alicyclic amines) is 1. The number of hydrogen-bond donors (Lipinski definition) is 2. The Morgan fingerprint density at radius 3 is 2.68 bits per heavy atom. The Bertz CT molecular complexity index is 1080. The van der Waals surface area contributed by atoms with Gasteiger partial charge in [0.05, 0.1) is 23.0 Å². The highest BCUT2D eigenvalue weighted by Crippen LogP contribution is 2.29. The van der Waals surface area contributed by atoms with Crippen molar-refractivity contribution in [3.05, 3.63) is 76.3 Å². The van der Waals surface area contributed by atoms with Gasteiger partial charge in [0.1, 0.15) is 5.82 Å². The van der Waals surface area contributed by atoms with E-state index in [4.69, 9.17) is 5.73 Å². The molecule has 28 heavy (non-hydrogen) atoms. The van der Waals surface area contributed by atoms with Crippen LogP contribution in [-0.4, -0.2) is 33.6 Å². The lowest BCUT2D eigenvalue weighted by Gasteiger charge is -2.25. The monoisotopic (exact) mass is 377 g/mol. The second-order valence-electron chi connectivity index (χ2n) is 7.26. The van der Waals surface area contributed by atoms with Crippen molar-refractivity contribution in [2.24, 2.45) is 12.8 Å². The molecule has 0 bridgehead atoms. The highest BCUT2D eigenvalue weighted by Gasteiger charge is 2.37. The van der Waals surface area contributed by atoms with Crippen molar-refractivity contribution < 1.29 is 4.79 Å². The number of rotatable bonds is 3. The first kappa shape index (κ1) is 18.2. The van der Waals surface area contributed by atoms with Crippen LogP contribution in [0.5, 0.6) is 0 Å². The maximum absolute atomic E-state index is 12.6. The average Bonchev–Trinajstić information content (AvgIpc) is 3.14. The van der Waals surface area contributed by atoms with Crippen LogP contribution in [0.25, 0.3) is 10.9 Å². The average molecular weight is 377 g/mol. The fourth-order valence-corrected chi connectivity index (χ4v) is 3.70. The van der Waals surface area contributed by atoms with Crippen LogP contribution in [0, 0.1) is 0 Å². The van der Waals surface area contributed by atoms with E-state index in [0.29, 0.717) is 36.2 Å². The van der Waals surface area contributed by atoms with Gasteiger partial charge in [0.15, 0.2) is 0 Å². The molecule has 0 spiro atoms. The third-order valence-electron chi connectivity index (χ3n) is 5.41. The molecule has 2 aromatic carbocycles. The lowest BCUT2D eigenvalue weighted by Crippen LogP contribution is -2.44. The molecule has 4 rings (SSSR count). The largest absolute Gasteiger partial charge is 0.331 e. The predicted octanol–water partition coefficient (Wildman–Crippen LogP) is 1.70. The first-order chi connectivity index (χ1) is 13.5. The van der Waals surface area contributed by atoms with Crippen molar-refractivity contribution in [3.63, 3.8) is 0 Å². The van der Waals surface area contributed by atoms with Gasteiger partial charge in [-0.1, -0.05) is 42.5 Å². The summed E-state index contributed by atoms with van der Waals surface area (Å²) in [6, 6.07) is 16.9. The zero-order valence-corrected chi connectivity index (χ0v) is 15.8. The van der Waals surface area contributed by atoms with Crippen LogP contribution in [0.4, 0.5) is 4.79 Å². The molecule has 1 fully saturated rings. The third-order valence-corrected chi connectivity index (χ3v) is 5.41. The first-order valence-corrected chi connectivity index (χ1v) is 9.30. The molecule has 1 aromatic heterocycles. The summed E-state index contributed by atoms with van der Waals surface area (Å²) in [6.45, 7) is 1.21. The lowest BCUT2D eigenvalue weighted by molar-refractivity contribution is 0.205. The Hall–Kier alpha value is -3.19. The second kappa shape index (κ2) is 7.09. The summed E-state index contributed by atoms with van der Waals surface area (Å²) in [6.07, 6.45) is 0.705. The van der Waals surface area contributed by atoms with Crippen molar-refractivity contribution in [1.82, 2.24) is 19.8 Å². The number of urea groups is 1. The summed E-state index contributed by atoms with van der Waals surface area (Å²) in [5, 5.41) is 3.44. The summed E-state index contributed by atoms with van der Waals surface area (Å²) in [7, 11) is 1.67. The summed E-state index contributed by atoms with van der Waals surface area (Å²) in [5.74, 6) is 0.512. The Kier molecular flexibility index (Phi) is 4.60. The fraction of sp³-hybridized carbons (Fsp3) is 0.286. The number of amides is 2. The molecule has 144 valence electrons. The van der Waals surface area contributed by atoms with Crippen molar-refractivity contribution >= 4 is 16.9 Å². The van der Waals surface area contributed by atoms with Gasteiger partial charge in [-0.25, -0.2) is 9.78 Å². The van der Waals surface area contributed by atoms with Gasteiger partial charge in [-0.2, -0.15) is 0 Å². The standard InChI is InChI=1S/C21H23N5O2/c1-25-18(24-17-10-6-5-9-16(17)19(25)27)13-23-20(28)26-12-11-21(22,14-26)15-7-3-2-4-8-15/h2-10H,11-14,22H2,1H3,(H,23,28). The molecule has 0 radical (unpaired) electrons. The number of hydrogen-bond acceptors (Lipinski definition) is 4. The lowest BCUT2D eigenvalue weighted by atomic mass is 9.90. The normalized spacial score (nSPS) is 19.1. The number of nitrogens with two attached hydrogens (primary N) is 1. The molecule has 2 heterocycles. The molecule has 1 aliphatic heterocycles. The molecule has 1 atom stereocenters. The molecule has 7 nitrogen and oxygen atoms in total. The van der Waals surface area contributed by atoms with Crippen LogP contribution in [-0.2, 0) is 19.1 Å². The van der Waals surface area contributed by atoms with E-state index in [1.54, 1.807) is 24.1 Å². The molecule has 3 aromatic rings. The Morgan fingerprint density at radius 2 is 1.89 bits per heavy atom. The van der Waals surface area contributed by atoms with Crippen LogP contribution >= 0.6 is 0 Å². The van der Waals surface area contributed by atoms with E-state index in [2.05, 4.69) is 10.3 Å². The molecule has 1 saturated heterocycles. The minimum Gasteiger partial charge on any atom is -0.331 e. The molecule has 2 amide bonds. The fourth-order valence-electron chi connectivity index (χ4n) is 3.70. The van der Waals surface area contributed by atoms with Gasteiger partial charge >= 0.3 is 6.03 Å². The quantitative estimate of drug-likeness (QED) is 0.727. The van der Waals surface area contributed by atoms with Crippen LogP contribution in [0.3, 0.4) is 0 Å². The molecular weight excluding hydrogens is 354 g/mol. The number of aromatic nitrogens is 2. The van der Waals surface area contributed by atoms with Gasteiger partial charge in [-0.3, -0.25) is 9.36 Å². The van der Waals surface area contributed by atoms with Crippen LogP contribution in [0.1, 0.15) is 17.8 Å². The molecule has 1 unspecified atom stereocenters. The van der Waals surface area contributed by atoms with Crippen LogP contribution in [0.15, 0.2) is 59.4 Å². The number of nitrogens with one attached hydrogen (secondary N) is 1. The zero-order chi connectivity index (χ0) is 19.7. The predicted molar refractivity (Wildman–Crippen MR) is 108 cm³/mol. The highest BCUT2D eigenvalue weighted by molar-refractivity contribution is 5.77. The number of carbonyl (C=O) groups is 1. The van der Waals surface area contributed by atoms with E-state index in [-0.39, 0.29) is 18.1 Å². The maximum atomic E-state index is 12.6. The smallest absolute Gasteiger partial charge is 0.317 e. The number of benzene rings is 2. The van der Waals surface area contributed by atoms with E-state index in [1.807, 2.05) is 42.5 Å². The topological polar surface area (TPSA) is 93.2 Å². The summed E-state index contributed by atoms with van der Waals surface area (Å²) < 4.78 is 1.48. The van der Waals surface area contributed by atoms with Crippen LogP contribution < -0.4 is 16.6 Å². The summed E-state index contributed by atoms with van der Waals surface area (Å²) in [4.78, 5) is 31.3. The Morgan fingerprint density at radius 1 is 1.18 bits per heavy atom. The summed E-state index contributed by atoms with van der Waals surface area (Å²) >= 11 is 0. The number of carbonyl (C=O) groups excluding carboxylic acids is 1. The van der Waals surface area contributed by atoms with Crippen molar-refractivity contribution in [2.75, 3.05) is 13.1 Å². The highest BCUT2D eigenvalue weighted by atomic mass is 16.2. The summed E-state index contributed by atoms with van der Waals surface area (Å²) in [5.41, 5.74) is 7.54. The zero-order valence-electron chi connectivity index (χ0n) is 15.8. The molecule has 0 aliphatic carbocycles. The third kappa shape index (κ3) is 3.25. The van der Waals surface area contributed by atoms with E-state index in [0.717, 1.165) is 5.56 Å². The van der Waals surface area contributed by atoms with Gasteiger partial charge in [-0.05, 0) is 24.1 Å². The van der Waals surface area contributed by atoms with Crippen molar-refractivity contribution in [1.29, 1.82) is 0 Å². The molecule has 3 N–H and O–H groups in total. The number of nitrogens with zero attached hydrogens (tertiary/aromatic N) is 3. The van der Waals surface area contributed by atoms with Gasteiger partial charge in [-0.15, -0.1) is 0 Å². The van der Waals surface area contributed by atoms with Crippen molar-refractivity contribution in [2.45, 2.75) is 18.5 Å². The molecular formula is C21H23N5O2. The minimum atomic E-state index is -0.535. The van der Waals surface area contributed by atoms with E-state index < -0.39 is 5.54 Å². The van der Waals surface area contributed by atoms with Gasteiger partial charge in [0.25, 0.3) is 5.56 Å². The van der Waals surface area contributed by atoms with Crippen LogP contribution in [0.2, 0.25) is 0 Å². The maximum Gasteiger partial charge on any atom is 0.317 e. The minimum absolute atomic E-state index is 0.124. The Labute approximate surface area is 162 Å². The van der Waals surface area contributed by atoms with Gasteiger partial charge in [0, 0.05) is 20.1 Å². The van der Waals surface area contributed by atoms with E-state index in [1.165, 1.54) is 4.57 Å².